The lowest BCUT2D eigenvalue weighted by atomic mass is 9.85. The number of halogens is 1. The average Bonchev–Trinajstić information content (AvgIpc) is 3.32. The standard InChI is InChI=1S/C20H32N4O2S.HI/c1-5-21-19(23-12-20(2,3)27-4)22-9-6-10-24-17(25)15-13-7-8-14(11-13)16(15)18(24)26;/h7-8,13-16H,5-6,9-12H2,1-4H3,(H2,21,22,23);1H. The van der Waals surface area contributed by atoms with E-state index >= 15 is 0 Å². The number of amides is 2. The summed E-state index contributed by atoms with van der Waals surface area (Å²) in [5.74, 6) is 1.27. The van der Waals surface area contributed by atoms with Gasteiger partial charge in [0, 0.05) is 24.4 Å². The lowest BCUT2D eigenvalue weighted by molar-refractivity contribution is -0.140. The smallest absolute Gasteiger partial charge is 0.233 e. The van der Waals surface area contributed by atoms with Crippen molar-refractivity contribution in [2.24, 2.45) is 28.7 Å². The fourth-order valence-electron chi connectivity index (χ4n) is 4.30. The summed E-state index contributed by atoms with van der Waals surface area (Å²) in [4.78, 5) is 31.5. The van der Waals surface area contributed by atoms with Crippen LogP contribution in [0.15, 0.2) is 17.1 Å². The molecule has 8 heteroatoms. The molecule has 0 aromatic heterocycles. The molecule has 0 aromatic rings. The SMILES string of the molecule is CCNC(=NCC(C)(C)SC)NCCCN1C(=O)C2C3C=CC(C3)C2C1=O.I. The van der Waals surface area contributed by atoms with Crippen molar-refractivity contribution in [1.29, 1.82) is 0 Å². The van der Waals surface area contributed by atoms with Crippen molar-refractivity contribution in [2.75, 3.05) is 32.4 Å². The quantitative estimate of drug-likeness (QED) is 0.129. The molecule has 158 valence electrons. The Balaban J connectivity index is 0.00000280. The molecule has 4 unspecified atom stereocenters. The third-order valence-corrected chi connectivity index (χ3v) is 7.16. The maximum absolute atomic E-state index is 12.7. The number of carbonyl (C=O) groups is 2. The van der Waals surface area contributed by atoms with Crippen LogP contribution in [0, 0.1) is 23.7 Å². The Morgan fingerprint density at radius 1 is 1.21 bits per heavy atom. The fourth-order valence-corrected chi connectivity index (χ4v) is 4.50. The molecule has 28 heavy (non-hydrogen) atoms. The molecule has 1 saturated carbocycles. The van der Waals surface area contributed by atoms with Crippen LogP contribution < -0.4 is 10.6 Å². The Kier molecular flexibility index (Phi) is 8.25. The summed E-state index contributed by atoms with van der Waals surface area (Å²) in [6.07, 6.45) is 8.08. The van der Waals surface area contributed by atoms with Gasteiger partial charge in [-0.15, -0.1) is 24.0 Å². The summed E-state index contributed by atoms with van der Waals surface area (Å²) in [6, 6.07) is 0. The van der Waals surface area contributed by atoms with Crippen molar-refractivity contribution in [3.05, 3.63) is 12.2 Å². The number of hydrogen-bond donors (Lipinski definition) is 2. The van der Waals surface area contributed by atoms with Crippen LogP contribution in [0.4, 0.5) is 0 Å². The van der Waals surface area contributed by atoms with Gasteiger partial charge in [-0.3, -0.25) is 19.5 Å². The van der Waals surface area contributed by atoms with Crippen molar-refractivity contribution in [3.63, 3.8) is 0 Å². The second kappa shape index (κ2) is 9.82. The van der Waals surface area contributed by atoms with Gasteiger partial charge >= 0.3 is 0 Å². The van der Waals surface area contributed by atoms with Gasteiger partial charge in [-0.1, -0.05) is 12.2 Å². The molecule has 2 aliphatic carbocycles. The van der Waals surface area contributed by atoms with Crippen molar-refractivity contribution >= 4 is 53.5 Å². The highest BCUT2D eigenvalue weighted by Crippen LogP contribution is 2.52. The van der Waals surface area contributed by atoms with Gasteiger partial charge in [0.05, 0.1) is 18.4 Å². The number of fused-ring (bicyclic) bond motifs is 5. The number of carbonyl (C=O) groups excluding carboxylic acids is 2. The molecule has 4 atom stereocenters. The minimum absolute atomic E-state index is 0. The van der Waals surface area contributed by atoms with E-state index in [0.717, 1.165) is 31.9 Å². The van der Waals surface area contributed by atoms with Crippen molar-refractivity contribution in [1.82, 2.24) is 15.5 Å². The molecular formula is C20H33IN4O2S. The predicted octanol–water partition coefficient (Wildman–Crippen LogP) is 2.50. The van der Waals surface area contributed by atoms with E-state index < -0.39 is 0 Å². The molecule has 3 aliphatic rings. The van der Waals surface area contributed by atoms with Gasteiger partial charge in [0.2, 0.25) is 11.8 Å². The van der Waals surface area contributed by atoms with Gasteiger partial charge < -0.3 is 10.6 Å². The van der Waals surface area contributed by atoms with E-state index in [1.807, 2.05) is 6.92 Å². The van der Waals surface area contributed by atoms with E-state index in [9.17, 15) is 9.59 Å². The summed E-state index contributed by atoms with van der Waals surface area (Å²) in [6.45, 7) is 9.09. The monoisotopic (exact) mass is 520 g/mol. The molecule has 6 nitrogen and oxygen atoms in total. The number of nitrogens with one attached hydrogen (secondary N) is 2. The number of aliphatic imine (C=N–C) groups is 1. The molecule has 2 N–H and O–H groups in total. The molecule has 3 rings (SSSR count). The summed E-state index contributed by atoms with van der Waals surface area (Å²) >= 11 is 1.80. The van der Waals surface area contributed by atoms with E-state index in [0.29, 0.717) is 13.1 Å². The lowest BCUT2D eigenvalue weighted by Gasteiger charge is -2.21. The molecule has 0 aromatic carbocycles. The molecule has 0 radical (unpaired) electrons. The van der Waals surface area contributed by atoms with Gasteiger partial charge in [-0.25, -0.2) is 0 Å². The summed E-state index contributed by atoms with van der Waals surface area (Å²) in [5.41, 5.74) is 0. The Morgan fingerprint density at radius 3 is 2.36 bits per heavy atom. The van der Waals surface area contributed by atoms with E-state index in [1.54, 1.807) is 11.8 Å². The van der Waals surface area contributed by atoms with Crippen LogP contribution in [0.25, 0.3) is 0 Å². The molecule has 1 aliphatic heterocycles. The first-order valence-electron chi connectivity index (χ1n) is 9.99. The second-order valence-corrected chi connectivity index (χ2v) is 9.78. The minimum Gasteiger partial charge on any atom is -0.357 e. The highest BCUT2D eigenvalue weighted by Gasteiger charge is 2.58. The zero-order valence-electron chi connectivity index (χ0n) is 17.2. The van der Waals surface area contributed by atoms with Crippen LogP contribution in [0.3, 0.4) is 0 Å². The van der Waals surface area contributed by atoms with Gasteiger partial charge in [-0.2, -0.15) is 11.8 Å². The molecule has 1 saturated heterocycles. The molecular weight excluding hydrogens is 487 g/mol. The van der Waals surface area contributed by atoms with Crippen LogP contribution in [0.2, 0.25) is 0 Å². The second-order valence-electron chi connectivity index (χ2n) is 8.27. The van der Waals surface area contributed by atoms with Crippen molar-refractivity contribution < 1.29 is 9.59 Å². The van der Waals surface area contributed by atoms with Gasteiger partial charge in [0.25, 0.3) is 0 Å². The highest BCUT2D eigenvalue weighted by molar-refractivity contribution is 14.0. The topological polar surface area (TPSA) is 73.8 Å². The van der Waals surface area contributed by atoms with Crippen LogP contribution in [0.5, 0.6) is 0 Å². The number of imide groups is 1. The van der Waals surface area contributed by atoms with Crippen molar-refractivity contribution in [2.45, 2.75) is 38.4 Å². The van der Waals surface area contributed by atoms with Crippen LogP contribution in [-0.2, 0) is 9.59 Å². The number of hydrogen-bond acceptors (Lipinski definition) is 4. The maximum Gasteiger partial charge on any atom is 0.233 e. The van der Waals surface area contributed by atoms with Crippen LogP contribution >= 0.6 is 35.7 Å². The summed E-state index contributed by atoms with van der Waals surface area (Å²) in [7, 11) is 0. The Bertz CT molecular complexity index is 622. The zero-order chi connectivity index (χ0) is 19.6. The molecule has 2 bridgehead atoms. The lowest BCUT2D eigenvalue weighted by Crippen LogP contribution is -2.40. The first-order chi connectivity index (χ1) is 12.9. The number of allylic oxidation sites excluding steroid dienone is 2. The Labute approximate surface area is 189 Å². The van der Waals surface area contributed by atoms with Crippen LogP contribution in [0.1, 0.15) is 33.6 Å². The number of likely N-dealkylation sites (tertiary alicyclic amines) is 1. The average molecular weight is 520 g/mol. The largest absolute Gasteiger partial charge is 0.357 e. The number of guanidine groups is 1. The number of rotatable bonds is 8. The van der Waals surface area contributed by atoms with E-state index in [4.69, 9.17) is 0 Å². The normalized spacial score (nSPS) is 28.6. The molecule has 0 spiro atoms. The Hall–Kier alpha value is -0.770. The third-order valence-electron chi connectivity index (χ3n) is 5.93. The molecule has 2 fully saturated rings. The van der Waals surface area contributed by atoms with Gasteiger partial charge in [-0.05, 0) is 51.7 Å². The number of nitrogens with zero attached hydrogens (tertiary/aromatic N) is 2. The van der Waals surface area contributed by atoms with Gasteiger partial charge in [0.15, 0.2) is 5.96 Å². The Morgan fingerprint density at radius 2 is 1.82 bits per heavy atom. The zero-order valence-corrected chi connectivity index (χ0v) is 20.4. The van der Waals surface area contributed by atoms with Gasteiger partial charge in [0.1, 0.15) is 0 Å². The maximum atomic E-state index is 12.7. The first kappa shape index (κ1) is 23.5. The predicted molar refractivity (Wildman–Crippen MR) is 126 cm³/mol. The molecule has 2 amide bonds. The highest BCUT2D eigenvalue weighted by atomic mass is 127. The third kappa shape index (κ3) is 4.86. The minimum atomic E-state index is -0.0897. The van der Waals surface area contributed by atoms with E-state index in [-0.39, 0.29) is 64.2 Å². The molecule has 1 heterocycles. The van der Waals surface area contributed by atoms with E-state index in [1.165, 1.54) is 4.90 Å². The first-order valence-corrected chi connectivity index (χ1v) is 11.2. The summed E-state index contributed by atoms with van der Waals surface area (Å²) < 4.78 is 0.0991. The van der Waals surface area contributed by atoms with Crippen LogP contribution in [-0.4, -0.2) is 59.9 Å². The van der Waals surface area contributed by atoms with Crippen molar-refractivity contribution in [3.8, 4) is 0 Å². The summed E-state index contributed by atoms with van der Waals surface area (Å²) in [5, 5.41) is 6.57. The van der Waals surface area contributed by atoms with E-state index in [2.05, 4.69) is 47.9 Å². The fraction of sp³-hybridized carbons (Fsp3) is 0.750. The number of thioether (sulfide) groups is 1.